The molecule has 1 aromatic carbocycles. The number of carbonyl (C=O) groups excluding carboxylic acids is 1. The third-order valence-corrected chi connectivity index (χ3v) is 5.29. The summed E-state index contributed by atoms with van der Waals surface area (Å²) in [5, 5.41) is 10.1. The van der Waals surface area contributed by atoms with Gasteiger partial charge < -0.3 is 10.2 Å². The number of benzene rings is 1. The molecule has 1 saturated heterocycles. The summed E-state index contributed by atoms with van der Waals surface area (Å²) in [6, 6.07) is 8.66. The third kappa shape index (κ3) is 3.93. The van der Waals surface area contributed by atoms with Crippen LogP contribution in [0.4, 0.5) is 0 Å². The molecular formula is C20H28N4O. The molecule has 2 aromatic rings. The van der Waals surface area contributed by atoms with Gasteiger partial charge in [0, 0.05) is 30.9 Å². The Morgan fingerprint density at radius 2 is 2.16 bits per heavy atom. The van der Waals surface area contributed by atoms with Crippen molar-refractivity contribution in [2.75, 3.05) is 26.2 Å². The van der Waals surface area contributed by atoms with Gasteiger partial charge in [0.1, 0.15) is 0 Å². The smallest absolute Gasteiger partial charge is 0.272 e. The maximum Gasteiger partial charge on any atom is 0.272 e. The minimum atomic E-state index is -0.0805. The molecule has 3 rings (SSSR count). The first-order chi connectivity index (χ1) is 12.1. The average Bonchev–Trinajstić information content (AvgIpc) is 3.22. The van der Waals surface area contributed by atoms with E-state index < -0.39 is 0 Å². The second-order valence-corrected chi connectivity index (χ2v) is 6.93. The van der Waals surface area contributed by atoms with E-state index in [2.05, 4.69) is 58.5 Å². The lowest BCUT2D eigenvalue weighted by molar-refractivity contribution is 0.0944. The van der Waals surface area contributed by atoms with Crippen LogP contribution in [0.1, 0.15) is 52.1 Å². The summed E-state index contributed by atoms with van der Waals surface area (Å²) in [4.78, 5) is 14.7. The van der Waals surface area contributed by atoms with E-state index in [0.717, 1.165) is 37.3 Å². The zero-order valence-electron chi connectivity index (χ0n) is 15.4. The topological polar surface area (TPSA) is 61.0 Å². The summed E-state index contributed by atoms with van der Waals surface area (Å²) in [6.45, 7) is 9.91. The first-order valence-corrected chi connectivity index (χ1v) is 9.20. The molecule has 2 heterocycles. The third-order valence-electron chi connectivity index (χ3n) is 5.29. The van der Waals surface area contributed by atoms with Crippen LogP contribution in [0.2, 0.25) is 0 Å². The number of aromatic amines is 1. The lowest BCUT2D eigenvalue weighted by Gasteiger charge is -2.17. The number of aromatic nitrogens is 2. The second kappa shape index (κ2) is 7.83. The Balaban J connectivity index is 1.48. The van der Waals surface area contributed by atoms with E-state index in [-0.39, 0.29) is 5.91 Å². The molecule has 5 heteroatoms. The molecule has 1 aliphatic heterocycles. The van der Waals surface area contributed by atoms with E-state index in [1.54, 1.807) is 0 Å². The Hall–Kier alpha value is -2.14. The van der Waals surface area contributed by atoms with Gasteiger partial charge in [0.2, 0.25) is 0 Å². The van der Waals surface area contributed by atoms with E-state index in [1.807, 2.05) is 6.92 Å². The molecule has 25 heavy (non-hydrogen) atoms. The number of rotatable bonds is 6. The van der Waals surface area contributed by atoms with Gasteiger partial charge in [0.15, 0.2) is 5.69 Å². The minimum Gasteiger partial charge on any atom is -0.349 e. The van der Waals surface area contributed by atoms with Crippen molar-refractivity contribution in [3.05, 3.63) is 52.3 Å². The number of carbonyl (C=O) groups is 1. The Labute approximate surface area is 149 Å². The van der Waals surface area contributed by atoms with Crippen LogP contribution in [0.15, 0.2) is 24.3 Å². The highest BCUT2D eigenvalue weighted by molar-refractivity contribution is 5.93. The number of hydrogen-bond donors (Lipinski definition) is 2. The molecule has 0 bridgehead atoms. The molecule has 1 amide bonds. The fourth-order valence-corrected chi connectivity index (χ4v) is 3.75. The molecule has 1 aliphatic rings. The fourth-order valence-electron chi connectivity index (χ4n) is 3.75. The second-order valence-electron chi connectivity index (χ2n) is 6.93. The van der Waals surface area contributed by atoms with Crippen molar-refractivity contribution in [1.82, 2.24) is 20.4 Å². The van der Waals surface area contributed by atoms with E-state index >= 15 is 0 Å². The maximum atomic E-state index is 12.3. The SMILES string of the molecule is CCc1[nH]nc(C(=O)NCCN2CC[C@H](c3ccccc3C)C2)c1C. The van der Waals surface area contributed by atoms with Crippen molar-refractivity contribution in [2.45, 2.75) is 39.5 Å². The van der Waals surface area contributed by atoms with Crippen molar-refractivity contribution in [3.63, 3.8) is 0 Å². The molecule has 1 aromatic heterocycles. The zero-order valence-corrected chi connectivity index (χ0v) is 15.4. The van der Waals surface area contributed by atoms with E-state index in [1.165, 1.54) is 17.5 Å². The molecule has 1 fully saturated rings. The van der Waals surface area contributed by atoms with E-state index in [9.17, 15) is 4.79 Å². The Morgan fingerprint density at radius 3 is 2.88 bits per heavy atom. The van der Waals surface area contributed by atoms with Crippen molar-refractivity contribution < 1.29 is 4.79 Å². The lowest BCUT2D eigenvalue weighted by atomic mass is 9.94. The van der Waals surface area contributed by atoms with Crippen LogP contribution in [0.5, 0.6) is 0 Å². The number of aryl methyl sites for hydroxylation is 2. The lowest BCUT2D eigenvalue weighted by Crippen LogP contribution is -2.34. The van der Waals surface area contributed by atoms with Gasteiger partial charge >= 0.3 is 0 Å². The summed E-state index contributed by atoms with van der Waals surface area (Å²) in [5.41, 5.74) is 5.36. The van der Waals surface area contributed by atoms with Crippen LogP contribution in [0.3, 0.4) is 0 Å². The minimum absolute atomic E-state index is 0.0805. The molecule has 0 aliphatic carbocycles. The molecule has 5 nitrogen and oxygen atoms in total. The van der Waals surface area contributed by atoms with Gasteiger partial charge in [-0.1, -0.05) is 31.2 Å². The predicted octanol–water partition coefficient (Wildman–Crippen LogP) is 2.81. The maximum absolute atomic E-state index is 12.3. The standard InChI is InChI=1S/C20H28N4O/c1-4-18-15(3)19(23-22-18)20(25)21-10-12-24-11-9-16(13-24)17-8-6-5-7-14(17)2/h5-8,16H,4,9-13H2,1-3H3,(H,21,25)(H,22,23)/t16-/m0/s1. The monoisotopic (exact) mass is 340 g/mol. The number of nitrogens with zero attached hydrogens (tertiary/aromatic N) is 2. The van der Waals surface area contributed by atoms with Crippen LogP contribution >= 0.6 is 0 Å². The number of nitrogens with one attached hydrogen (secondary N) is 2. The van der Waals surface area contributed by atoms with Crippen molar-refractivity contribution >= 4 is 5.91 Å². The molecule has 1 atom stereocenters. The average molecular weight is 340 g/mol. The number of H-pyrrole nitrogens is 1. The van der Waals surface area contributed by atoms with E-state index in [4.69, 9.17) is 0 Å². The number of hydrogen-bond acceptors (Lipinski definition) is 3. The normalized spacial score (nSPS) is 17.8. The van der Waals surface area contributed by atoms with Crippen molar-refractivity contribution in [3.8, 4) is 0 Å². The zero-order chi connectivity index (χ0) is 17.8. The highest BCUT2D eigenvalue weighted by atomic mass is 16.1. The molecule has 0 unspecified atom stereocenters. The summed E-state index contributed by atoms with van der Waals surface area (Å²) in [5.74, 6) is 0.528. The van der Waals surface area contributed by atoms with Crippen LogP contribution in [0, 0.1) is 13.8 Å². The molecule has 0 spiro atoms. The van der Waals surface area contributed by atoms with Gasteiger partial charge in [-0.3, -0.25) is 9.89 Å². The van der Waals surface area contributed by atoms with Gasteiger partial charge in [-0.25, -0.2) is 0 Å². The van der Waals surface area contributed by atoms with Crippen molar-refractivity contribution in [2.24, 2.45) is 0 Å². The predicted molar refractivity (Wildman–Crippen MR) is 100 cm³/mol. The van der Waals surface area contributed by atoms with Gasteiger partial charge in [0.25, 0.3) is 5.91 Å². The highest BCUT2D eigenvalue weighted by Crippen LogP contribution is 2.28. The molecule has 2 N–H and O–H groups in total. The Kier molecular flexibility index (Phi) is 5.53. The summed E-state index contributed by atoms with van der Waals surface area (Å²) < 4.78 is 0. The first-order valence-electron chi connectivity index (χ1n) is 9.20. The van der Waals surface area contributed by atoms with Gasteiger partial charge in [-0.15, -0.1) is 0 Å². The summed E-state index contributed by atoms with van der Waals surface area (Å²) in [6.07, 6.45) is 2.05. The first kappa shape index (κ1) is 17.7. The number of amides is 1. The highest BCUT2D eigenvalue weighted by Gasteiger charge is 2.24. The molecule has 0 radical (unpaired) electrons. The van der Waals surface area contributed by atoms with Gasteiger partial charge in [-0.05, 0) is 50.3 Å². The summed E-state index contributed by atoms with van der Waals surface area (Å²) >= 11 is 0. The van der Waals surface area contributed by atoms with Crippen molar-refractivity contribution in [1.29, 1.82) is 0 Å². The van der Waals surface area contributed by atoms with Crippen LogP contribution in [0.25, 0.3) is 0 Å². The van der Waals surface area contributed by atoms with Crippen LogP contribution in [-0.4, -0.2) is 47.2 Å². The van der Waals surface area contributed by atoms with Gasteiger partial charge in [0.05, 0.1) is 0 Å². The Morgan fingerprint density at radius 1 is 1.36 bits per heavy atom. The number of likely N-dealkylation sites (tertiary alicyclic amines) is 1. The largest absolute Gasteiger partial charge is 0.349 e. The summed E-state index contributed by atoms with van der Waals surface area (Å²) in [7, 11) is 0. The molecule has 134 valence electrons. The molecular weight excluding hydrogens is 312 g/mol. The fraction of sp³-hybridized carbons (Fsp3) is 0.500. The molecule has 0 saturated carbocycles. The van der Waals surface area contributed by atoms with E-state index in [0.29, 0.717) is 18.2 Å². The van der Waals surface area contributed by atoms with Gasteiger partial charge in [-0.2, -0.15) is 5.10 Å². The Bertz CT molecular complexity index is 737. The van der Waals surface area contributed by atoms with Crippen LogP contribution in [-0.2, 0) is 6.42 Å². The van der Waals surface area contributed by atoms with Crippen LogP contribution < -0.4 is 5.32 Å². The quantitative estimate of drug-likeness (QED) is 0.850.